The van der Waals surface area contributed by atoms with Crippen molar-refractivity contribution in [3.63, 3.8) is 0 Å². The summed E-state index contributed by atoms with van der Waals surface area (Å²) < 4.78 is 36.7. The highest BCUT2D eigenvalue weighted by Crippen LogP contribution is 2.21. The number of carbonyl (C=O) groups excluding carboxylic acids is 1. The molecule has 0 atom stereocenters. The number of primary sulfonamides is 1. The third-order valence-electron chi connectivity index (χ3n) is 3.67. The molecule has 21 heavy (non-hydrogen) atoms. The number of likely N-dealkylation sites (tertiary alicyclic amines) is 1. The summed E-state index contributed by atoms with van der Waals surface area (Å²) in [4.78, 5) is 13.5. The van der Waals surface area contributed by atoms with Gasteiger partial charge in [0, 0.05) is 18.7 Å². The van der Waals surface area contributed by atoms with Crippen molar-refractivity contribution in [2.75, 3.05) is 13.1 Å². The summed E-state index contributed by atoms with van der Waals surface area (Å²) in [6.07, 6.45) is 4.01. The van der Waals surface area contributed by atoms with Crippen molar-refractivity contribution in [1.29, 1.82) is 0 Å². The highest BCUT2D eigenvalue weighted by molar-refractivity contribution is 7.89. The van der Waals surface area contributed by atoms with Crippen molar-refractivity contribution in [2.45, 2.75) is 37.5 Å². The number of hydrogen-bond donors (Lipinski definition) is 1. The Kier molecular flexibility index (Phi) is 4.63. The Morgan fingerprint density at radius 2 is 1.76 bits per heavy atom. The Bertz CT molecular complexity index is 650. The van der Waals surface area contributed by atoms with Gasteiger partial charge in [0.05, 0.1) is 0 Å². The van der Waals surface area contributed by atoms with Gasteiger partial charge in [0.25, 0.3) is 5.91 Å². The molecule has 2 N–H and O–H groups in total. The average Bonchev–Trinajstić information content (AvgIpc) is 2.68. The van der Waals surface area contributed by atoms with Crippen molar-refractivity contribution in [2.24, 2.45) is 5.14 Å². The van der Waals surface area contributed by atoms with Crippen LogP contribution in [0.3, 0.4) is 0 Å². The first kappa shape index (κ1) is 15.9. The molecule has 116 valence electrons. The Balaban J connectivity index is 2.39. The van der Waals surface area contributed by atoms with Gasteiger partial charge in [0.1, 0.15) is 10.7 Å². The molecule has 0 saturated carbocycles. The first-order valence-corrected chi connectivity index (χ1v) is 8.47. The number of nitrogens with zero attached hydrogens (tertiary/aromatic N) is 1. The minimum atomic E-state index is -4.20. The van der Waals surface area contributed by atoms with Crippen LogP contribution in [0.5, 0.6) is 0 Å². The Hall–Kier alpha value is -1.47. The first-order valence-electron chi connectivity index (χ1n) is 6.93. The van der Waals surface area contributed by atoms with Gasteiger partial charge in [-0.3, -0.25) is 4.79 Å². The van der Waals surface area contributed by atoms with Crippen LogP contribution in [0.25, 0.3) is 0 Å². The van der Waals surface area contributed by atoms with Crippen molar-refractivity contribution < 1.29 is 17.6 Å². The summed E-state index contributed by atoms with van der Waals surface area (Å²) >= 11 is 0. The molecular weight excluding hydrogens is 295 g/mol. The molecule has 1 aliphatic heterocycles. The van der Waals surface area contributed by atoms with Crippen LogP contribution >= 0.6 is 0 Å². The number of hydrogen-bond acceptors (Lipinski definition) is 3. The van der Waals surface area contributed by atoms with Crippen LogP contribution in [0, 0.1) is 12.7 Å². The highest BCUT2D eigenvalue weighted by atomic mass is 32.2. The van der Waals surface area contributed by atoms with E-state index in [1.807, 2.05) is 0 Å². The summed E-state index contributed by atoms with van der Waals surface area (Å²) in [6, 6.07) is 2.40. The largest absolute Gasteiger partial charge is 0.339 e. The lowest BCUT2D eigenvalue weighted by Gasteiger charge is -2.21. The SMILES string of the molecule is Cc1cc(C(=O)N2CCCCCC2)cc(S(N)(=O)=O)c1F. The van der Waals surface area contributed by atoms with Gasteiger partial charge in [0.15, 0.2) is 0 Å². The van der Waals surface area contributed by atoms with Crippen molar-refractivity contribution in [3.05, 3.63) is 29.1 Å². The van der Waals surface area contributed by atoms with Gasteiger partial charge in [-0.1, -0.05) is 12.8 Å². The number of carbonyl (C=O) groups is 1. The van der Waals surface area contributed by atoms with E-state index in [4.69, 9.17) is 5.14 Å². The number of amides is 1. The number of nitrogens with two attached hydrogens (primary N) is 1. The molecule has 1 aromatic rings. The predicted molar refractivity (Wildman–Crippen MR) is 76.9 cm³/mol. The number of sulfonamides is 1. The minimum absolute atomic E-state index is 0.0969. The highest BCUT2D eigenvalue weighted by Gasteiger charge is 2.23. The van der Waals surface area contributed by atoms with Gasteiger partial charge in [-0.05, 0) is 37.5 Å². The Morgan fingerprint density at radius 1 is 1.19 bits per heavy atom. The van der Waals surface area contributed by atoms with Crippen LogP contribution in [0.2, 0.25) is 0 Å². The van der Waals surface area contributed by atoms with E-state index in [2.05, 4.69) is 0 Å². The smallest absolute Gasteiger partial charge is 0.253 e. The molecule has 1 aromatic carbocycles. The van der Waals surface area contributed by atoms with E-state index in [1.54, 1.807) is 4.90 Å². The molecule has 0 aromatic heterocycles. The number of benzene rings is 1. The zero-order valence-corrected chi connectivity index (χ0v) is 12.7. The number of rotatable bonds is 2. The molecule has 1 aliphatic rings. The van der Waals surface area contributed by atoms with E-state index in [0.29, 0.717) is 13.1 Å². The van der Waals surface area contributed by atoms with Crippen LogP contribution in [0.15, 0.2) is 17.0 Å². The van der Waals surface area contributed by atoms with Crippen LogP contribution < -0.4 is 5.14 Å². The zero-order valence-electron chi connectivity index (χ0n) is 11.9. The van der Waals surface area contributed by atoms with E-state index >= 15 is 0 Å². The van der Waals surface area contributed by atoms with Crippen molar-refractivity contribution in [1.82, 2.24) is 4.90 Å². The lowest BCUT2D eigenvalue weighted by atomic mass is 10.1. The molecule has 1 heterocycles. The second-order valence-corrected chi connectivity index (χ2v) is 6.89. The van der Waals surface area contributed by atoms with Gasteiger partial charge in [0.2, 0.25) is 10.0 Å². The number of halogens is 1. The van der Waals surface area contributed by atoms with E-state index in [1.165, 1.54) is 13.0 Å². The zero-order chi connectivity index (χ0) is 15.6. The standard InChI is InChI=1S/C14H19FN2O3S/c1-10-8-11(9-12(13(10)15)21(16,19)20)14(18)17-6-4-2-3-5-7-17/h8-9H,2-7H2,1H3,(H2,16,19,20). The molecule has 7 heteroatoms. The molecule has 0 unspecified atom stereocenters. The predicted octanol–water partition coefficient (Wildman–Crippen LogP) is 1.80. The second-order valence-electron chi connectivity index (χ2n) is 5.36. The average molecular weight is 314 g/mol. The molecule has 2 rings (SSSR count). The topological polar surface area (TPSA) is 80.5 Å². The van der Waals surface area contributed by atoms with Gasteiger partial charge >= 0.3 is 0 Å². The quantitative estimate of drug-likeness (QED) is 0.904. The molecule has 0 spiro atoms. The Labute approximate surface area is 124 Å². The molecule has 5 nitrogen and oxygen atoms in total. The van der Waals surface area contributed by atoms with Gasteiger partial charge in [-0.2, -0.15) is 0 Å². The second kappa shape index (κ2) is 6.11. The van der Waals surface area contributed by atoms with E-state index in [9.17, 15) is 17.6 Å². The van der Waals surface area contributed by atoms with Gasteiger partial charge in [-0.25, -0.2) is 17.9 Å². The summed E-state index contributed by atoms with van der Waals surface area (Å²) in [5.74, 6) is -1.17. The monoisotopic (exact) mass is 314 g/mol. The lowest BCUT2D eigenvalue weighted by molar-refractivity contribution is 0.0761. The molecule has 0 bridgehead atoms. The summed E-state index contributed by atoms with van der Waals surface area (Å²) in [5, 5.41) is 5.01. The summed E-state index contributed by atoms with van der Waals surface area (Å²) in [7, 11) is -4.20. The van der Waals surface area contributed by atoms with E-state index in [0.717, 1.165) is 31.7 Å². The van der Waals surface area contributed by atoms with Gasteiger partial charge in [-0.15, -0.1) is 0 Å². The van der Waals surface area contributed by atoms with Crippen LogP contribution in [-0.4, -0.2) is 32.3 Å². The molecular formula is C14H19FN2O3S. The first-order chi connectivity index (χ1) is 9.80. The fraction of sp³-hybridized carbons (Fsp3) is 0.500. The van der Waals surface area contributed by atoms with Crippen LogP contribution in [0.4, 0.5) is 4.39 Å². The fourth-order valence-electron chi connectivity index (χ4n) is 2.52. The normalized spacial score (nSPS) is 16.6. The summed E-state index contributed by atoms with van der Waals surface area (Å²) in [6.45, 7) is 2.70. The maximum Gasteiger partial charge on any atom is 0.253 e. The van der Waals surface area contributed by atoms with Crippen molar-refractivity contribution in [3.8, 4) is 0 Å². The molecule has 0 aliphatic carbocycles. The Morgan fingerprint density at radius 3 is 2.29 bits per heavy atom. The molecule has 0 radical (unpaired) electrons. The third kappa shape index (κ3) is 3.59. The molecule has 1 fully saturated rings. The maximum absolute atomic E-state index is 13.9. The molecule has 1 amide bonds. The van der Waals surface area contributed by atoms with Crippen LogP contribution in [-0.2, 0) is 10.0 Å². The minimum Gasteiger partial charge on any atom is -0.339 e. The van der Waals surface area contributed by atoms with Gasteiger partial charge < -0.3 is 4.90 Å². The lowest BCUT2D eigenvalue weighted by Crippen LogP contribution is -2.32. The molecule has 1 saturated heterocycles. The van der Waals surface area contributed by atoms with E-state index < -0.39 is 20.7 Å². The third-order valence-corrected chi connectivity index (χ3v) is 4.58. The number of aryl methyl sites for hydroxylation is 1. The van der Waals surface area contributed by atoms with Crippen LogP contribution in [0.1, 0.15) is 41.6 Å². The summed E-state index contributed by atoms with van der Waals surface area (Å²) in [5.41, 5.74) is 0.263. The maximum atomic E-state index is 13.9. The fourth-order valence-corrected chi connectivity index (χ4v) is 3.23. The van der Waals surface area contributed by atoms with Crippen molar-refractivity contribution >= 4 is 15.9 Å². The van der Waals surface area contributed by atoms with E-state index in [-0.39, 0.29) is 17.0 Å².